The van der Waals surface area contributed by atoms with Gasteiger partial charge in [-0.05, 0) is 31.2 Å². The van der Waals surface area contributed by atoms with Crippen LogP contribution in [0, 0.1) is 6.92 Å². The number of aryl methyl sites for hydroxylation is 1. The van der Waals surface area contributed by atoms with Crippen molar-refractivity contribution in [3.63, 3.8) is 0 Å². The summed E-state index contributed by atoms with van der Waals surface area (Å²) < 4.78 is 5.45. The van der Waals surface area contributed by atoms with Gasteiger partial charge in [0.05, 0.1) is 11.6 Å². The summed E-state index contributed by atoms with van der Waals surface area (Å²) in [6.45, 7) is 2.53. The number of hydrogen-bond donors (Lipinski definition) is 2. The van der Waals surface area contributed by atoms with Crippen LogP contribution in [0.4, 0.5) is 5.69 Å². The molecule has 0 bridgehead atoms. The van der Waals surface area contributed by atoms with Crippen LogP contribution in [0.2, 0.25) is 5.02 Å². The molecule has 0 saturated heterocycles. The molecule has 126 valence electrons. The number of ether oxygens (including phenoxy) is 1. The minimum absolute atomic E-state index is 0.236. The van der Waals surface area contributed by atoms with Crippen molar-refractivity contribution in [1.29, 1.82) is 0 Å². The third-order valence-corrected chi connectivity index (χ3v) is 3.49. The van der Waals surface area contributed by atoms with Crippen molar-refractivity contribution in [2.75, 3.05) is 18.5 Å². The van der Waals surface area contributed by atoms with Crippen LogP contribution in [0.5, 0.6) is 5.75 Å². The number of carbonyl (C=O) groups excluding carboxylic acids is 2. The number of anilines is 1. The fourth-order valence-corrected chi connectivity index (χ4v) is 2.15. The van der Waals surface area contributed by atoms with Crippen LogP contribution in [0.1, 0.15) is 12.0 Å². The second-order valence-electron chi connectivity index (χ2n) is 5.22. The Morgan fingerprint density at radius 1 is 1.04 bits per heavy atom. The molecule has 0 spiro atoms. The van der Waals surface area contributed by atoms with Gasteiger partial charge in [-0.1, -0.05) is 41.4 Å². The minimum Gasteiger partial charge on any atom is -0.490 e. The van der Waals surface area contributed by atoms with E-state index in [2.05, 4.69) is 10.6 Å². The Morgan fingerprint density at radius 2 is 1.75 bits per heavy atom. The average molecular weight is 347 g/mol. The lowest BCUT2D eigenvalue weighted by molar-refractivity contribution is -0.126. The fourth-order valence-electron chi connectivity index (χ4n) is 1.96. The molecule has 0 aliphatic carbocycles. The van der Waals surface area contributed by atoms with Gasteiger partial charge in [-0.25, -0.2) is 0 Å². The number of hydrogen-bond acceptors (Lipinski definition) is 3. The number of rotatable bonds is 7. The normalized spacial score (nSPS) is 10.1. The van der Waals surface area contributed by atoms with Crippen molar-refractivity contribution in [2.24, 2.45) is 0 Å². The number of benzene rings is 2. The lowest BCUT2D eigenvalue weighted by Crippen LogP contribution is -2.31. The van der Waals surface area contributed by atoms with E-state index in [-0.39, 0.29) is 24.8 Å². The summed E-state index contributed by atoms with van der Waals surface area (Å²) in [5.41, 5.74) is 1.77. The molecule has 0 aliphatic heterocycles. The van der Waals surface area contributed by atoms with Crippen molar-refractivity contribution in [3.8, 4) is 5.75 Å². The van der Waals surface area contributed by atoms with E-state index in [9.17, 15) is 9.59 Å². The summed E-state index contributed by atoms with van der Waals surface area (Å²) >= 11 is 5.96. The van der Waals surface area contributed by atoms with Crippen molar-refractivity contribution in [3.05, 3.63) is 59.1 Å². The first-order chi connectivity index (χ1) is 11.5. The molecule has 0 radical (unpaired) electrons. The van der Waals surface area contributed by atoms with Crippen LogP contribution in [-0.2, 0) is 9.59 Å². The highest BCUT2D eigenvalue weighted by atomic mass is 35.5. The van der Waals surface area contributed by atoms with Crippen molar-refractivity contribution >= 4 is 29.1 Å². The second kappa shape index (κ2) is 8.93. The molecule has 24 heavy (non-hydrogen) atoms. The van der Waals surface area contributed by atoms with E-state index in [4.69, 9.17) is 16.3 Å². The number of amides is 2. The summed E-state index contributed by atoms with van der Waals surface area (Å²) in [7, 11) is 0. The van der Waals surface area contributed by atoms with E-state index in [1.807, 2.05) is 31.2 Å². The fraction of sp³-hybridized carbons (Fsp3) is 0.222. The summed E-state index contributed by atoms with van der Waals surface area (Å²) in [5, 5.41) is 5.82. The van der Waals surface area contributed by atoms with E-state index < -0.39 is 0 Å². The average Bonchev–Trinajstić information content (AvgIpc) is 2.55. The zero-order valence-corrected chi connectivity index (χ0v) is 14.1. The summed E-state index contributed by atoms with van der Waals surface area (Å²) in [4.78, 5) is 23.5. The first-order valence-electron chi connectivity index (χ1n) is 7.55. The van der Waals surface area contributed by atoms with E-state index in [1.165, 1.54) is 0 Å². The predicted molar refractivity (Wildman–Crippen MR) is 94.4 cm³/mol. The zero-order valence-electron chi connectivity index (χ0n) is 13.3. The molecule has 0 saturated carbocycles. The SMILES string of the molecule is Cc1ccc(NC(=O)CC(=O)NCCOc2ccccc2Cl)cc1. The van der Waals surface area contributed by atoms with Gasteiger partial charge in [0.25, 0.3) is 0 Å². The quantitative estimate of drug-likeness (QED) is 0.597. The van der Waals surface area contributed by atoms with E-state index in [0.29, 0.717) is 23.0 Å². The Hall–Kier alpha value is -2.53. The molecule has 0 heterocycles. The highest BCUT2D eigenvalue weighted by molar-refractivity contribution is 6.32. The van der Waals surface area contributed by atoms with E-state index in [1.54, 1.807) is 24.3 Å². The van der Waals surface area contributed by atoms with Gasteiger partial charge in [-0.15, -0.1) is 0 Å². The van der Waals surface area contributed by atoms with E-state index in [0.717, 1.165) is 5.56 Å². The highest BCUT2D eigenvalue weighted by Crippen LogP contribution is 2.22. The van der Waals surface area contributed by atoms with Gasteiger partial charge < -0.3 is 15.4 Å². The molecule has 0 aliphatic rings. The Kier molecular flexibility index (Phi) is 6.63. The zero-order chi connectivity index (χ0) is 17.4. The van der Waals surface area contributed by atoms with Gasteiger partial charge in [0.15, 0.2) is 0 Å². The molecule has 0 atom stereocenters. The van der Waals surface area contributed by atoms with Crippen molar-refractivity contribution in [2.45, 2.75) is 13.3 Å². The molecule has 0 unspecified atom stereocenters. The smallest absolute Gasteiger partial charge is 0.233 e. The minimum atomic E-state index is -0.359. The highest BCUT2D eigenvalue weighted by Gasteiger charge is 2.09. The monoisotopic (exact) mass is 346 g/mol. The van der Waals surface area contributed by atoms with Gasteiger partial charge in [0, 0.05) is 5.69 Å². The molecule has 2 N–H and O–H groups in total. The Labute approximate surface area is 146 Å². The van der Waals surface area contributed by atoms with Gasteiger partial charge in [0.1, 0.15) is 18.8 Å². The van der Waals surface area contributed by atoms with Gasteiger partial charge in [-0.3, -0.25) is 9.59 Å². The molecule has 6 heteroatoms. The van der Waals surface area contributed by atoms with Crippen molar-refractivity contribution < 1.29 is 14.3 Å². The topological polar surface area (TPSA) is 67.4 Å². The first-order valence-corrected chi connectivity index (χ1v) is 7.93. The Bertz CT molecular complexity index is 702. The molecule has 0 aromatic heterocycles. The molecule has 2 aromatic carbocycles. The van der Waals surface area contributed by atoms with Crippen LogP contribution in [0.3, 0.4) is 0 Å². The lowest BCUT2D eigenvalue weighted by atomic mass is 10.2. The molecule has 2 amide bonds. The maximum atomic E-state index is 11.8. The van der Waals surface area contributed by atoms with Crippen molar-refractivity contribution in [1.82, 2.24) is 5.32 Å². The Morgan fingerprint density at radius 3 is 2.46 bits per heavy atom. The second-order valence-corrected chi connectivity index (χ2v) is 5.63. The van der Waals surface area contributed by atoms with Crippen LogP contribution in [0.25, 0.3) is 0 Å². The third kappa shape index (κ3) is 5.93. The largest absolute Gasteiger partial charge is 0.490 e. The number of para-hydroxylation sites is 1. The maximum Gasteiger partial charge on any atom is 0.233 e. The number of nitrogens with one attached hydrogen (secondary N) is 2. The number of carbonyl (C=O) groups is 2. The predicted octanol–water partition coefficient (Wildman–Crippen LogP) is 3.17. The molecular formula is C18H19ClN2O3. The standard InChI is InChI=1S/C18H19ClN2O3/c1-13-6-8-14(9-7-13)21-18(23)12-17(22)20-10-11-24-16-5-3-2-4-15(16)19/h2-9H,10-12H2,1H3,(H,20,22)(H,21,23). The lowest BCUT2D eigenvalue weighted by Gasteiger charge is -2.09. The molecule has 5 nitrogen and oxygen atoms in total. The number of halogens is 1. The molecule has 2 rings (SSSR count). The Balaban J connectivity index is 1.66. The first kappa shape index (κ1) is 17.8. The molecule has 2 aromatic rings. The van der Waals surface area contributed by atoms with Gasteiger partial charge in [0.2, 0.25) is 11.8 Å². The van der Waals surface area contributed by atoms with E-state index >= 15 is 0 Å². The van der Waals surface area contributed by atoms with Crippen LogP contribution >= 0.6 is 11.6 Å². The summed E-state index contributed by atoms with van der Waals surface area (Å²) in [5.74, 6) is -0.156. The summed E-state index contributed by atoms with van der Waals surface area (Å²) in [6.07, 6.45) is -0.236. The van der Waals surface area contributed by atoms with Crippen LogP contribution in [-0.4, -0.2) is 25.0 Å². The van der Waals surface area contributed by atoms with Gasteiger partial charge >= 0.3 is 0 Å². The third-order valence-electron chi connectivity index (χ3n) is 3.17. The summed E-state index contributed by atoms with van der Waals surface area (Å²) in [6, 6.07) is 14.5. The molecule has 0 fully saturated rings. The van der Waals surface area contributed by atoms with Crippen LogP contribution in [0.15, 0.2) is 48.5 Å². The van der Waals surface area contributed by atoms with Crippen LogP contribution < -0.4 is 15.4 Å². The van der Waals surface area contributed by atoms with Gasteiger partial charge in [-0.2, -0.15) is 0 Å². The maximum absolute atomic E-state index is 11.8. The molecular weight excluding hydrogens is 328 g/mol.